The number of aromatic hydroxyl groups is 1. The number of nitrogens with zero attached hydrogens (tertiary/aromatic N) is 1. The Morgan fingerprint density at radius 3 is 2.45 bits per heavy atom. The standard InChI is InChI=1S/C24H25NO4/c1-24(2)13-20-23(21(27)14-24)19(15-7-9-18(29-3)10-8-15)12-22(28)25(20)16-5-4-6-17(26)11-16/h4-11,19,26H,12-14H2,1-3H3. The number of amides is 1. The van der Waals surface area contributed by atoms with Crippen LogP contribution in [0.25, 0.3) is 0 Å². The number of carbonyl (C=O) groups is 2. The molecule has 1 N–H and O–H groups in total. The summed E-state index contributed by atoms with van der Waals surface area (Å²) in [6.45, 7) is 4.10. The second-order valence-electron chi connectivity index (χ2n) is 8.58. The molecule has 5 heteroatoms. The third-order valence-corrected chi connectivity index (χ3v) is 5.75. The minimum absolute atomic E-state index is 0.0688. The van der Waals surface area contributed by atoms with Crippen LogP contribution in [0.4, 0.5) is 5.69 Å². The topological polar surface area (TPSA) is 66.8 Å². The molecule has 1 unspecified atom stereocenters. The van der Waals surface area contributed by atoms with Crippen LogP contribution in [0.1, 0.15) is 44.6 Å². The lowest BCUT2D eigenvalue weighted by Crippen LogP contribution is -2.43. The number of ketones is 1. The Hall–Kier alpha value is -3.08. The predicted molar refractivity (Wildman–Crippen MR) is 111 cm³/mol. The van der Waals surface area contributed by atoms with Gasteiger partial charge in [0.25, 0.3) is 0 Å². The van der Waals surface area contributed by atoms with Gasteiger partial charge in [-0.15, -0.1) is 0 Å². The average molecular weight is 391 g/mol. The number of benzene rings is 2. The van der Waals surface area contributed by atoms with Crippen LogP contribution in [0.3, 0.4) is 0 Å². The van der Waals surface area contributed by atoms with Gasteiger partial charge in [-0.25, -0.2) is 0 Å². The summed E-state index contributed by atoms with van der Waals surface area (Å²) in [7, 11) is 1.61. The Labute approximate surface area is 170 Å². The molecule has 1 atom stereocenters. The molecule has 0 radical (unpaired) electrons. The second-order valence-corrected chi connectivity index (χ2v) is 8.58. The summed E-state index contributed by atoms with van der Waals surface area (Å²) in [4.78, 5) is 28.1. The summed E-state index contributed by atoms with van der Waals surface area (Å²) in [5, 5.41) is 9.93. The van der Waals surface area contributed by atoms with E-state index in [0.717, 1.165) is 22.6 Å². The molecule has 0 saturated heterocycles. The van der Waals surface area contributed by atoms with E-state index in [1.807, 2.05) is 24.3 Å². The van der Waals surface area contributed by atoms with Gasteiger partial charge in [-0.2, -0.15) is 0 Å². The first-order chi connectivity index (χ1) is 13.8. The maximum absolute atomic E-state index is 13.3. The van der Waals surface area contributed by atoms with E-state index in [2.05, 4.69) is 13.8 Å². The molecule has 0 spiro atoms. The molecule has 5 nitrogen and oxygen atoms in total. The number of methoxy groups -OCH3 is 1. The number of anilines is 1. The van der Waals surface area contributed by atoms with E-state index < -0.39 is 0 Å². The van der Waals surface area contributed by atoms with Crippen LogP contribution >= 0.6 is 0 Å². The van der Waals surface area contributed by atoms with Gasteiger partial charge in [0.15, 0.2) is 5.78 Å². The fraction of sp³-hybridized carbons (Fsp3) is 0.333. The first kappa shape index (κ1) is 19.2. The number of hydrogen-bond donors (Lipinski definition) is 1. The van der Waals surface area contributed by atoms with Crippen molar-refractivity contribution in [1.82, 2.24) is 0 Å². The largest absolute Gasteiger partial charge is 0.508 e. The molecular weight excluding hydrogens is 366 g/mol. The van der Waals surface area contributed by atoms with Crippen LogP contribution in [-0.2, 0) is 9.59 Å². The van der Waals surface area contributed by atoms with E-state index in [4.69, 9.17) is 4.74 Å². The molecule has 29 heavy (non-hydrogen) atoms. The van der Waals surface area contributed by atoms with Gasteiger partial charge in [0.2, 0.25) is 5.91 Å². The van der Waals surface area contributed by atoms with Crippen LogP contribution in [0.15, 0.2) is 59.8 Å². The molecule has 2 aromatic rings. The third-order valence-electron chi connectivity index (χ3n) is 5.75. The molecule has 0 saturated carbocycles. The lowest BCUT2D eigenvalue weighted by Gasteiger charge is -2.43. The number of ether oxygens (including phenoxy) is 1. The average Bonchev–Trinajstić information content (AvgIpc) is 2.66. The van der Waals surface area contributed by atoms with E-state index in [1.54, 1.807) is 36.3 Å². The molecule has 2 aromatic carbocycles. The van der Waals surface area contributed by atoms with Gasteiger partial charge < -0.3 is 9.84 Å². The number of rotatable bonds is 3. The number of phenolic OH excluding ortho intramolecular Hbond substituents is 1. The minimum Gasteiger partial charge on any atom is -0.508 e. The Bertz CT molecular complexity index is 1000. The van der Waals surface area contributed by atoms with Gasteiger partial charge in [0, 0.05) is 36.1 Å². The van der Waals surface area contributed by atoms with Crippen molar-refractivity contribution in [1.29, 1.82) is 0 Å². The predicted octanol–water partition coefficient (Wildman–Crippen LogP) is 4.56. The van der Waals surface area contributed by atoms with Gasteiger partial charge in [0.05, 0.1) is 12.8 Å². The molecule has 1 amide bonds. The van der Waals surface area contributed by atoms with E-state index >= 15 is 0 Å². The van der Waals surface area contributed by atoms with Crippen LogP contribution in [0, 0.1) is 5.41 Å². The van der Waals surface area contributed by atoms with Gasteiger partial charge in [-0.3, -0.25) is 14.5 Å². The Kier molecular flexibility index (Phi) is 4.69. The van der Waals surface area contributed by atoms with Crippen LogP contribution in [-0.4, -0.2) is 23.9 Å². The third kappa shape index (κ3) is 3.53. The fourth-order valence-corrected chi connectivity index (χ4v) is 4.47. The summed E-state index contributed by atoms with van der Waals surface area (Å²) in [5.41, 5.74) is 2.79. The zero-order valence-electron chi connectivity index (χ0n) is 16.9. The summed E-state index contributed by atoms with van der Waals surface area (Å²) in [6, 6.07) is 14.2. The smallest absolute Gasteiger partial charge is 0.232 e. The van der Waals surface area contributed by atoms with Crippen molar-refractivity contribution < 1.29 is 19.4 Å². The van der Waals surface area contributed by atoms with Crippen LogP contribution in [0.2, 0.25) is 0 Å². The van der Waals surface area contributed by atoms with Crippen molar-refractivity contribution in [3.8, 4) is 11.5 Å². The fourth-order valence-electron chi connectivity index (χ4n) is 4.47. The van der Waals surface area contributed by atoms with E-state index in [9.17, 15) is 14.7 Å². The quantitative estimate of drug-likeness (QED) is 0.833. The number of allylic oxidation sites excluding steroid dienone is 2. The van der Waals surface area contributed by atoms with Crippen molar-refractivity contribution in [3.63, 3.8) is 0 Å². The molecule has 150 valence electrons. The molecule has 2 aliphatic rings. The monoisotopic (exact) mass is 391 g/mol. The van der Waals surface area contributed by atoms with E-state index in [1.165, 1.54) is 0 Å². The Morgan fingerprint density at radius 2 is 1.79 bits per heavy atom. The molecule has 4 rings (SSSR count). The molecular formula is C24H25NO4. The lowest BCUT2D eigenvalue weighted by atomic mass is 9.69. The Morgan fingerprint density at radius 1 is 1.07 bits per heavy atom. The van der Waals surface area contributed by atoms with Crippen LogP contribution < -0.4 is 9.64 Å². The van der Waals surface area contributed by atoms with Gasteiger partial charge in [-0.05, 0) is 41.7 Å². The van der Waals surface area contributed by atoms with Crippen molar-refractivity contribution in [3.05, 3.63) is 65.4 Å². The molecule has 1 aliphatic carbocycles. The lowest BCUT2D eigenvalue weighted by molar-refractivity contribution is -0.121. The molecule has 0 bridgehead atoms. The molecule has 0 aromatic heterocycles. The van der Waals surface area contributed by atoms with E-state index in [-0.39, 0.29) is 35.2 Å². The van der Waals surface area contributed by atoms with Crippen molar-refractivity contribution in [2.24, 2.45) is 5.41 Å². The zero-order valence-corrected chi connectivity index (χ0v) is 16.9. The van der Waals surface area contributed by atoms with Crippen molar-refractivity contribution >= 4 is 17.4 Å². The van der Waals surface area contributed by atoms with Gasteiger partial charge >= 0.3 is 0 Å². The summed E-state index contributed by atoms with van der Waals surface area (Å²) >= 11 is 0. The normalized spacial score (nSPS) is 21.2. The van der Waals surface area contributed by atoms with Crippen molar-refractivity contribution in [2.45, 2.75) is 39.0 Å². The number of carbonyl (C=O) groups excluding carboxylic acids is 2. The SMILES string of the molecule is COc1ccc(C2CC(=O)N(c3cccc(O)c3)C3=C2C(=O)CC(C)(C)C3)cc1. The summed E-state index contributed by atoms with van der Waals surface area (Å²) in [5.74, 6) is 0.592. The number of hydrogen-bond acceptors (Lipinski definition) is 4. The highest BCUT2D eigenvalue weighted by molar-refractivity contribution is 6.07. The van der Waals surface area contributed by atoms with Crippen molar-refractivity contribution in [2.75, 3.05) is 12.0 Å². The molecule has 1 aliphatic heterocycles. The van der Waals surface area contributed by atoms with Gasteiger partial charge in [0.1, 0.15) is 11.5 Å². The van der Waals surface area contributed by atoms with E-state index in [0.29, 0.717) is 18.5 Å². The maximum Gasteiger partial charge on any atom is 0.232 e. The number of Topliss-reactive ketones (excluding diaryl/α,β-unsaturated/α-hetero) is 1. The van der Waals surface area contributed by atoms with Gasteiger partial charge in [-0.1, -0.05) is 32.0 Å². The summed E-state index contributed by atoms with van der Waals surface area (Å²) in [6.07, 6.45) is 1.30. The molecule has 1 heterocycles. The highest BCUT2D eigenvalue weighted by Gasteiger charge is 2.44. The minimum atomic E-state index is -0.263. The highest BCUT2D eigenvalue weighted by Crippen LogP contribution is 2.48. The zero-order chi connectivity index (χ0) is 20.8. The first-order valence-corrected chi connectivity index (χ1v) is 9.81. The summed E-state index contributed by atoms with van der Waals surface area (Å²) < 4.78 is 5.24. The Balaban J connectivity index is 1.87. The first-order valence-electron chi connectivity index (χ1n) is 9.81. The second kappa shape index (κ2) is 7.07. The number of phenols is 1. The molecule has 0 fully saturated rings. The highest BCUT2D eigenvalue weighted by atomic mass is 16.5. The van der Waals surface area contributed by atoms with Crippen LogP contribution in [0.5, 0.6) is 11.5 Å². The maximum atomic E-state index is 13.3.